The molecule has 0 aliphatic heterocycles. The smallest absolute Gasteiger partial charge is 0.263 e. The lowest BCUT2D eigenvalue weighted by molar-refractivity contribution is 0.352. The molecule has 9 heteroatoms. The number of rotatable bonds is 6. The molecule has 2 rings (SSSR count). The van der Waals surface area contributed by atoms with Crippen molar-refractivity contribution in [2.45, 2.75) is 38.3 Å². The van der Waals surface area contributed by atoms with Crippen LogP contribution >= 0.6 is 11.3 Å². The van der Waals surface area contributed by atoms with E-state index >= 15 is 0 Å². The third-order valence-electron chi connectivity index (χ3n) is 2.93. The Labute approximate surface area is 122 Å². The van der Waals surface area contributed by atoms with Gasteiger partial charge in [0.25, 0.3) is 10.0 Å². The van der Waals surface area contributed by atoms with Crippen LogP contribution in [0.5, 0.6) is 0 Å². The third kappa shape index (κ3) is 2.41. The van der Waals surface area contributed by atoms with Gasteiger partial charge in [-0.25, -0.2) is 14.3 Å². The summed E-state index contributed by atoms with van der Waals surface area (Å²) >= 11 is 1.36. The van der Waals surface area contributed by atoms with E-state index in [4.69, 9.17) is 5.84 Å². The Morgan fingerprint density at radius 1 is 1.55 bits per heavy atom. The number of hydrazine groups is 1. The molecule has 0 saturated heterocycles. The quantitative estimate of drug-likeness (QED) is 0.622. The zero-order valence-corrected chi connectivity index (χ0v) is 13.3. The average Bonchev–Trinajstić information content (AvgIpc) is 2.93. The van der Waals surface area contributed by atoms with Crippen molar-refractivity contribution in [2.75, 3.05) is 12.0 Å². The molecular formula is C11H19N5O2S2. The van der Waals surface area contributed by atoms with E-state index in [-0.39, 0.29) is 16.9 Å². The first kappa shape index (κ1) is 15.2. The van der Waals surface area contributed by atoms with Gasteiger partial charge in [0.1, 0.15) is 0 Å². The molecule has 0 aliphatic carbocycles. The molecule has 0 saturated carbocycles. The first-order valence-electron chi connectivity index (χ1n) is 6.37. The van der Waals surface area contributed by atoms with Gasteiger partial charge in [-0.3, -0.25) is 4.40 Å². The van der Waals surface area contributed by atoms with E-state index in [0.717, 1.165) is 6.42 Å². The number of fused-ring (bicyclic) bond motifs is 1. The number of nitrogens with one attached hydrogen (secondary N) is 1. The van der Waals surface area contributed by atoms with Gasteiger partial charge in [0.05, 0.1) is 0 Å². The molecule has 0 spiro atoms. The van der Waals surface area contributed by atoms with E-state index < -0.39 is 10.0 Å². The van der Waals surface area contributed by atoms with Crippen molar-refractivity contribution in [3.63, 3.8) is 0 Å². The molecule has 2 aromatic rings. The normalized spacial score (nSPS) is 12.7. The number of nitrogen functional groups attached to an aromatic ring is 1. The molecule has 0 aromatic carbocycles. The molecule has 20 heavy (non-hydrogen) atoms. The van der Waals surface area contributed by atoms with Crippen LogP contribution in [0.2, 0.25) is 0 Å². The maximum absolute atomic E-state index is 12.9. The Morgan fingerprint density at radius 2 is 2.25 bits per heavy atom. The van der Waals surface area contributed by atoms with Crippen LogP contribution in [0.25, 0.3) is 4.96 Å². The van der Waals surface area contributed by atoms with Crippen molar-refractivity contribution in [1.29, 1.82) is 0 Å². The van der Waals surface area contributed by atoms with Gasteiger partial charge in [-0.1, -0.05) is 6.92 Å². The number of hydrogen-bond acceptors (Lipinski definition) is 6. The zero-order valence-electron chi connectivity index (χ0n) is 11.7. The molecule has 2 aromatic heterocycles. The minimum Gasteiger partial charge on any atom is -0.306 e. The molecule has 0 radical (unpaired) electrons. The Morgan fingerprint density at radius 3 is 2.80 bits per heavy atom. The summed E-state index contributed by atoms with van der Waals surface area (Å²) in [5.74, 6) is 5.60. The third-order valence-corrected chi connectivity index (χ3v) is 5.79. The fourth-order valence-corrected chi connectivity index (χ4v) is 4.81. The van der Waals surface area contributed by atoms with E-state index in [1.807, 2.05) is 20.8 Å². The van der Waals surface area contributed by atoms with Crippen LogP contribution in [0.3, 0.4) is 0 Å². The molecule has 7 nitrogen and oxygen atoms in total. The van der Waals surface area contributed by atoms with Gasteiger partial charge < -0.3 is 5.43 Å². The Hall–Kier alpha value is -1.16. The van der Waals surface area contributed by atoms with E-state index in [2.05, 4.69) is 10.4 Å². The van der Waals surface area contributed by atoms with Crippen LogP contribution in [0.4, 0.5) is 5.82 Å². The highest BCUT2D eigenvalue weighted by atomic mass is 32.2. The van der Waals surface area contributed by atoms with E-state index in [9.17, 15) is 8.42 Å². The number of anilines is 1. The second-order valence-corrected chi connectivity index (χ2v) is 7.35. The SMILES string of the molecule is CCCN(C(C)C)S(=O)(=O)c1c(NN)nc2sccn12. The number of hydrogen-bond donors (Lipinski definition) is 2. The van der Waals surface area contributed by atoms with Gasteiger partial charge in [0, 0.05) is 24.2 Å². The number of thiazole rings is 1. The van der Waals surface area contributed by atoms with Crippen LogP contribution in [0.15, 0.2) is 16.6 Å². The summed E-state index contributed by atoms with van der Waals surface area (Å²) in [4.78, 5) is 4.79. The summed E-state index contributed by atoms with van der Waals surface area (Å²) in [5, 5.41) is 1.89. The largest absolute Gasteiger partial charge is 0.306 e. The maximum atomic E-state index is 12.9. The lowest BCUT2D eigenvalue weighted by Gasteiger charge is -2.25. The molecular weight excluding hydrogens is 298 g/mol. The number of aromatic nitrogens is 2. The molecule has 0 fully saturated rings. The van der Waals surface area contributed by atoms with E-state index in [1.165, 1.54) is 15.6 Å². The minimum atomic E-state index is -3.66. The number of imidazole rings is 1. The summed E-state index contributed by atoms with van der Waals surface area (Å²) in [5.41, 5.74) is 2.38. The fraction of sp³-hybridized carbons (Fsp3) is 0.545. The van der Waals surface area contributed by atoms with Gasteiger partial charge in [-0.05, 0) is 20.3 Å². The van der Waals surface area contributed by atoms with Crippen molar-refractivity contribution in [3.8, 4) is 0 Å². The first-order chi connectivity index (χ1) is 9.43. The Balaban J connectivity index is 2.63. The Kier molecular flexibility index (Phi) is 4.33. The van der Waals surface area contributed by atoms with Crippen LogP contribution in [0, 0.1) is 0 Å². The molecule has 0 amide bonds. The summed E-state index contributed by atoms with van der Waals surface area (Å²) in [6.07, 6.45) is 2.43. The van der Waals surface area contributed by atoms with Crippen molar-refractivity contribution in [1.82, 2.24) is 13.7 Å². The number of sulfonamides is 1. The van der Waals surface area contributed by atoms with Crippen LogP contribution in [-0.4, -0.2) is 34.7 Å². The molecule has 0 unspecified atom stereocenters. The predicted octanol–water partition coefficient (Wildman–Crippen LogP) is 1.49. The number of nitrogens with two attached hydrogens (primary N) is 1. The average molecular weight is 317 g/mol. The minimum absolute atomic E-state index is 0.0957. The number of nitrogens with zero attached hydrogens (tertiary/aromatic N) is 3. The highest BCUT2D eigenvalue weighted by molar-refractivity contribution is 7.89. The van der Waals surface area contributed by atoms with Crippen LogP contribution in [0.1, 0.15) is 27.2 Å². The fourth-order valence-electron chi connectivity index (χ4n) is 2.09. The topological polar surface area (TPSA) is 92.7 Å². The maximum Gasteiger partial charge on any atom is 0.263 e. The van der Waals surface area contributed by atoms with Crippen LogP contribution in [-0.2, 0) is 10.0 Å². The van der Waals surface area contributed by atoms with Gasteiger partial charge in [0.2, 0.25) is 5.03 Å². The van der Waals surface area contributed by atoms with Crippen molar-refractivity contribution >= 4 is 32.1 Å². The molecule has 0 bridgehead atoms. The molecule has 2 heterocycles. The van der Waals surface area contributed by atoms with Crippen molar-refractivity contribution in [3.05, 3.63) is 11.6 Å². The lowest BCUT2D eigenvalue weighted by atomic mass is 10.4. The zero-order chi connectivity index (χ0) is 14.9. The summed E-state index contributed by atoms with van der Waals surface area (Å²) in [7, 11) is -3.66. The summed E-state index contributed by atoms with van der Waals surface area (Å²) in [6, 6.07) is -0.130. The second kappa shape index (κ2) is 5.68. The predicted molar refractivity (Wildman–Crippen MR) is 80.2 cm³/mol. The van der Waals surface area contributed by atoms with Gasteiger partial charge in [-0.2, -0.15) is 9.29 Å². The lowest BCUT2D eigenvalue weighted by Crippen LogP contribution is -2.38. The molecule has 3 N–H and O–H groups in total. The van der Waals surface area contributed by atoms with E-state index in [0.29, 0.717) is 11.5 Å². The van der Waals surface area contributed by atoms with Crippen LogP contribution < -0.4 is 11.3 Å². The van der Waals surface area contributed by atoms with Gasteiger partial charge in [0.15, 0.2) is 10.8 Å². The first-order valence-corrected chi connectivity index (χ1v) is 8.69. The van der Waals surface area contributed by atoms with E-state index in [1.54, 1.807) is 16.0 Å². The second-order valence-electron chi connectivity index (χ2n) is 4.67. The standard InChI is InChI=1S/C11H19N5O2S2/c1-4-5-16(8(2)3)20(17,18)10-9(14-12)13-11-15(10)6-7-19-11/h6-8,14H,4-5,12H2,1-3H3. The van der Waals surface area contributed by atoms with Crippen molar-refractivity contribution in [2.24, 2.45) is 5.84 Å². The van der Waals surface area contributed by atoms with Gasteiger partial charge in [-0.15, -0.1) is 11.3 Å². The van der Waals surface area contributed by atoms with Gasteiger partial charge >= 0.3 is 0 Å². The van der Waals surface area contributed by atoms with Crippen molar-refractivity contribution < 1.29 is 8.42 Å². The summed E-state index contributed by atoms with van der Waals surface area (Å²) < 4.78 is 28.8. The highest BCUT2D eigenvalue weighted by Crippen LogP contribution is 2.28. The highest BCUT2D eigenvalue weighted by Gasteiger charge is 2.33. The molecule has 0 atom stereocenters. The molecule has 112 valence electrons. The Bertz CT molecular complexity index is 689. The monoisotopic (exact) mass is 317 g/mol. The summed E-state index contributed by atoms with van der Waals surface area (Å²) in [6.45, 7) is 6.12. The molecule has 0 aliphatic rings.